The monoisotopic (exact) mass is 470 g/mol. The first kappa shape index (κ1) is 25.6. The van der Waals surface area contributed by atoms with Gasteiger partial charge in [0.15, 0.2) is 5.78 Å². The van der Waals surface area contributed by atoms with Gasteiger partial charge in [0, 0.05) is 41.4 Å². The molecule has 1 fully saturated rings. The van der Waals surface area contributed by atoms with E-state index in [4.69, 9.17) is 0 Å². The number of pyridine rings is 1. The van der Waals surface area contributed by atoms with Gasteiger partial charge in [-0.1, -0.05) is 45.0 Å². The van der Waals surface area contributed by atoms with Crippen LogP contribution in [0.15, 0.2) is 42.6 Å². The predicted molar refractivity (Wildman–Crippen MR) is 134 cm³/mol. The number of carbonyl (C=O) groups excluding carboxylic acids is 1. The largest absolute Gasteiger partial charge is 0.294 e. The van der Waals surface area contributed by atoms with Crippen LogP contribution in [0.2, 0.25) is 0 Å². The Labute approximate surface area is 199 Å². The molecule has 33 heavy (non-hydrogen) atoms. The lowest BCUT2D eigenvalue weighted by Gasteiger charge is -2.34. The first-order chi connectivity index (χ1) is 15.2. The maximum absolute atomic E-state index is 13.7. The molecule has 3 rings (SSSR count). The van der Waals surface area contributed by atoms with E-state index in [-0.39, 0.29) is 16.6 Å². The Balaban J connectivity index is 1.97. The number of hydrogen-bond acceptors (Lipinski definition) is 4. The molecule has 1 aliphatic rings. The summed E-state index contributed by atoms with van der Waals surface area (Å²) in [5.41, 5.74) is 2.89. The van der Waals surface area contributed by atoms with E-state index in [0.29, 0.717) is 24.9 Å². The second kappa shape index (κ2) is 8.95. The van der Waals surface area contributed by atoms with Crippen molar-refractivity contribution in [3.05, 3.63) is 65.0 Å². The van der Waals surface area contributed by atoms with Crippen molar-refractivity contribution < 1.29 is 13.2 Å². The van der Waals surface area contributed by atoms with E-state index in [0.717, 1.165) is 29.7 Å². The van der Waals surface area contributed by atoms with Gasteiger partial charge in [0.2, 0.25) is 10.0 Å². The number of nitrogens with zero attached hydrogens (tertiary/aromatic N) is 2. The molecular weight excluding hydrogens is 432 g/mol. The van der Waals surface area contributed by atoms with Gasteiger partial charge in [0.05, 0.1) is 6.26 Å². The van der Waals surface area contributed by atoms with E-state index < -0.39 is 15.6 Å². The van der Waals surface area contributed by atoms with Crippen molar-refractivity contribution >= 4 is 15.8 Å². The van der Waals surface area contributed by atoms with Crippen LogP contribution in [-0.4, -0.2) is 41.8 Å². The minimum Gasteiger partial charge on any atom is -0.294 e. The second-order valence-corrected chi connectivity index (χ2v) is 13.3. The van der Waals surface area contributed by atoms with Crippen LogP contribution < -0.4 is 0 Å². The molecule has 180 valence electrons. The molecule has 0 unspecified atom stereocenters. The van der Waals surface area contributed by atoms with Crippen molar-refractivity contribution in [2.24, 2.45) is 0 Å². The molecule has 0 amide bonds. The van der Waals surface area contributed by atoms with Gasteiger partial charge in [-0.05, 0) is 68.7 Å². The van der Waals surface area contributed by atoms with Gasteiger partial charge in [-0.15, -0.1) is 0 Å². The number of rotatable bonds is 8. The summed E-state index contributed by atoms with van der Waals surface area (Å²) in [6.07, 6.45) is 5.91. The normalized spacial score (nSPS) is 16.1. The van der Waals surface area contributed by atoms with E-state index in [2.05, 4.69) is 31.8 Å². The molecule has 0 spiro atoms. The Kier molecular flexibility index (Phi) is 6.94. The lowest BCUT2D eigenvalue weighted by atomic mass is 9.79. The van der Waals surface area contributed by atoms with Crippen LogP contribution >= 0.6 is 0 Å². The SMILES string of the molecule is CC(C)(C)c1cccc(C(=O)CC2(c3ccccn3)CC2)c1CCN(C(C)(C)C)S(C)(=O)=O. The van der Waals surface area contributed by atoms with Gasteiger partial charge >= 0.3 is 0 Å². The quantitative estimate of drug-likeness (QED) is 0.492. The number of Topliss-reactive ketones (excluding diaryl/α,β-unsaturated/α-hetero) is 1. The minimum atomic E-state index is -3.39. The average Bonchev–Trinajstić information content (AvgIpc) is 3.46. The summed E-state index contributed by atoms with van der Waals surface area (Å²) in [6, 6.07) is 11.8. The molecule has 2 aromatic rings. The summed E-state index contributed by atoms with van der Waals surface area (Å²) >= 11 is 0. The number of hydrogen-bond donors (Lipinski definition) is 0. The van der Waals surface area contributed by atoms with Gasteiger partial charge in [0.1, 0.15) is 0 Å². The molecule has 5 nitrogen and oxygen atoms in total. The van der Waals surface area contributed by atoms with Crippen molar-refractivity contribution in [2.45, 2.75) is 83.6 Å². The van der Waals surface area contributed by atoms with Crippen molar-refractivity contribution in [2.75, 3.05) is 12.8 Å². The Morgan fingerprint density at radius 3 is 2.18 bits per heavy atom. The van der Waals surface area contributed by atoms with Gasteiger partial charge in [-0.3, -0.25) is 9.78 Å². The zero-order chi connectivity index (χ0) is 24.7. The van der Waals surface area contributed by atoms with E-state index in [1.807, 2.05) is 51.1 Å². The molecule has 1 heterocycles. The highest BCUT2D eigenvalue weighted by Crippen LogP contribution is 2.51. The summed E-state index contributed by atoms with van der Waals surface area (Å²) < 4.78 is 26.5. The van der Waals surface area contributed by atoms with Crippen LogP contribution in [0, 0.1) is 0 Å². The lowest BCUT2D eigenvalue weighted by Crippen LogP contribution is -2.46. The summed E-state index contributed by atoms with van der Waals surface area (Å²) in [7, 11) is -3.39. The number of ketones is 1. The molecule has 0 radical (unpaired) electrons. The fourth-order valence-corrected chi connectivity index (χ4v) is 6.20. The zero-order valence-corrected chi connectivity index (χ0v) is 21.9. The fraction of sp³-hybridized carbons (Fsp3) is 0.556. The molecule has 0 bridgehead atoms. The smallest absolute Gasteiger partial charge is 0.211 e. The van der Waals surface area contributed by atoms with E-state index in [9.17, 15) is 13.2 Å². The molecule has 0 aliphatic heterocycles. The average molecular weight is 471 g/mol. The number of benzene rings is 1. The maximum atomic E-state index is 13.7. The zero-order valence-electron chi connectivity index (χ0n) is 21.1. The molecule has 6 heteroatoms. The van der Waals surface area contributed by atoms with Gasteiger partial charge in [-0.25, -0.2) is 8.42 Å². The van der Waals surface area contributed by atoms with Crippen LogP contribution in [0.5, 0.6) is 0 Å². The first-order valence-electron chi connectivity index (χ1n) is 11.7. The third-order valence-electron chi connectivity index (χ3n) is 6.56. The molecule has 1 saturated carbocycles. The van der Waals surface area contributed by atoms with E-state index in [1.54, 1.807) is 6.20 Å². The Hall–Kier alpha value is -2.05. The number of carbonyl (C=O) groups is 1. The first-order valence-corrected chi connectivity index (χ1v) is 13.5. The van der Waals surface area contributed by atoms with Crippen LogP contribution in [-0.2, 0) is 27.3 Å². The Bertz CT molecular complexity index is 1110. The van der Waals surface area contributed by atoms with Gasteiger partial charge < -0.3 is 0 Å². The highest BCUT2D eigenvalue weighted by atomic mass is 32.2. The Morgan fingerprint density at radius 1 is 1.03 bits per heavy atom. The summed E-state index contributed by atoms with van der Waals surface area (Å²) in [5, 5.41) is 0. The molecule has 0 saturated heterocycles. The van der Waals surface area contributed by atoms with Crippen molar-refractivity contribution in [3.8, 4) is 0 Å². The molecular formula is C27H38N2O3S. The van der Waals surface area contributed by atoms with Crippen molar-refractivity contribution in [1.82, 2.24) is 9.29 Å². The highest BCUT2D eigenvalue weighted by Gasteiger charge is 2.47. The fourth-order valence-electron chi connectivity index (χ4n) is 4.79. The third kappa shape index (κ3) is 5.90. The van der Waals surface area contributed by atoms with Gasteiger partial charge in [0.25, 0.3) is 0 Å². The predicted octanol–water partition coefficient (Wildman–Crippen LogP) is 5.29. The van der Waals surface area contributed by atoms with Crippen LogP contribution in [0.3, 0.4) is 0 Å². The molecule has 0 atom stereocenters. The van der Waals surface area contributed by atoms with E-state index >= 15 is 0 Å². The minimum absolute atomic E-state index is 0.112. The standard InChI is InChI=1S/C27H38N2O3S/c1-25(2,3)22-12-10-11-21(20(22)14-18-29(26(4,5)6)33(7,31)32)23(30)19-27(15-16-27)24-13-8-9-17-28-24/h8-13,17H,14-16,18-19H2,1-7H3. The van der Waals surface area contributed by atoms with Crippen LogP contribution in [0.4, 0.5) is 0 Å². The maximum Gasteiger partial charge on any atom is 0.211 e. The molecule has 1 aliphatic carbocycles. The summed E-state index contributed by atoms with van der Waals surface area (Å²) in [5.74, 6) is 0.112. The van der Waals surface area contributed by atoms with Crippen molar-refractivity contribution in [3.63, 3.8) is 0 Å². The third-order valence-corrected chi connectivity index (χ3v) is 8.09. The summed E-state index contributed by atoms with van der Waals surface area (Å²) in [6.45, 7) is 12.4. The summed E-state index contributed by atoms with van der Waals surface area (Å²) in [4.78, 5) is 18.2. The number of sulfonamides is 1. The lowest BCUT2D eigenvalue weighted by molar-refractivity contribution is 0.0968. The van der Waals surface area contributed by atoms with Crippen LogP contribution in [0.1, 0.15) is 88.0 Å². The van der Waals surface area contributed by atoms with E-state index in [1.165, 1.54) is 10.6 Å². The molecule has 1 aromatic carbocycles. The van der Waals surface area contributed by atoms with Crippen molar-refractivity contribution in [1.29, 1.82) is 0 Å². The van der Waals surface area contributed by atoms with Gasteiger partial charge in [-0.2, -0.15) is 4.31 Å². The highest BCUT2D eigenvalue weighted by molar-refractivity contribution is 7.88. The Morgan fingerprint density at radius 2 is 1.70 bits per heavy atom. The molecule has 0 N–H and O–H groups in total. The molecule has 1 aromatic heterocycles. The number of aromatic nitrogens is 1. The topological polar surface area (TPSA) is 67.3 Å². The second-order valence-electron chi connectivity index (χ2n) is 11.4. The van der Waals surface area contributed by atoms with Crippen LogP contribution in [0.25, 0.3) is 0 Å².